The van der Waals surface area contributed by atoms with Gasteiger partial charge in [0.05, 0.1) is 6.20 Å². The molecule has 2 aromatic heterocycles. The van der Waals surface area contributed by atoms with E-state index in [1.165, 1.54) is 0 Å². The summed E-state index contributed by atoms with van der Waals surface area (Å²) in [5.41, 5.74) is 1.88. The molecule has 2 heterocycles. The van der Waals surface area contributed by atoms with Gasteiger partial charge in [0.1, 0.15) is 12.0 Å². The van der Waals surface area contributed by atoms with E-state index >= 15 is 0 Å². The lowest BCUT2D eigenvalue weighted by Gasteiger charge is -1.97. The molecule has 0 bridgehead atoms. The number of oxazole rings is 1. The van der Waals surface area contributed by atoms with Crippen LogP contribution in [-0.4, -0.2) is 9.97 Å². The van der Waals surface area contributed by atoms with Crippen molar-refractivity contribution in [2.75, 3.05) is 0 Å². The molecule has 0 aliphatic rings. The smallest absolute Gasteiger partial charge is 0.245 e. The van der Waals surface area contributed by atoms with Gasteiger partial charge in [0.2, 0.25) is 5.89 Å². The van der Waals surface area contributed by atoms with Crippen LogP contribution < -0.4 is 0 Å². The van der Waals surface area contributed by atoms with Crippen LogP contribution in [0.5, 0.6) is 0 Å². The molecule has 0 aliphatic heterocycles. The van der Waals surface area contributed by atoms with Crippen molar-refractivity contribution in [3.63, 3.8) is 0 Å². The van der Waals surface area contributed by atoms with E-state index in [2.05, 4.69) is 9.97 Å². The van der Waals surface area contributed by atoms with Crippen LogP contribution in [0.4, 0.5) is 0 Å². The van der Waals surface area contributed by atoms with E-state index in [0.29, 0.717) is 5.89 Å². The minimum Gasteiger partial charge on any atom is -0.443 e. The molecule has 0 spiro atoms. The second-order valence-corrected chi connectivity index (χ2v) is 2.51. The van der Waals surface area contributed by atoms with Gasteiger partial charge in [0.25, 0.3) is 0 Å². The van der Waals surface area contributed by atoms with E-state index in [4.69, 9.17) is 4.42 Å². The van der Waals surface area contributed by atoms with Gasteiger partial charge in [-0.3, -0.25) is 4.98 Å². The van der Waals surface area contributed by atoms with E-state index in [-0.39, 0.29) is 0 Å². The summed E-state index contributed by atoms with van der Waals surface area (Å²) in [5.74, 6) is 0.577. The van der Waals surface area contributed by atoms with Crippen molar-refractivity contribution in [1.82, 2.24) is 9.97 Å². The molecule has 0 aliphatic carbocycles. The highest BCUT2D eigenvalue weighted by Crippen LogP contribution is 2.17. The number of pyridine rings is 1. The fourth-order valence-corrected chi connectivity index (χ4v) is 1.05. The summed E-state index contributed by atoms with van der Waals surface area (Å²) in [6.45, 7) is 1.98. The highest BCUT2D eigenvalue weighted by Gasteiger charge is 2.05. The Balaban J connectivity index is 2.55. The second-order valence-electron chi connectivity index (χ2n) is 2.51. The van der Waals surface area contributed by atoms with E-state index in [1.807, 2.05) is 19.1 Å². The van der Waals surface area contributed by atoms with Crippen molar-refractivity contribution in [3.8, 4) is 11.6 Å². The van der Waals surface area contributed by atoms with Crippen LogP contribution in [0.3, 0.4) is 0 Å². The Bertz CT molecular complexity index is 368. The molecular formula is C9H8N2O. The van der Waals surface area contributed by atoms with Gasteiger partial charge >= 0.3 is 0 Å². The molecule has 0 saturated carbocycles. The van der Waals surface area contributed by atoms with Crippen molar-refractivity contribution in [2.45, 2.75) is 6.92 Å². The van der Waals surface area contributed by atoms with Crippen molar-refractivity contribution >= 4 is 0 Å². The molecule has 0 radical (unpaired) electrons. The van der Waals surface area contributed by atoms with Crippen LogP contribution in [0.1, 0.15) is 5.56 Å². The van der Waals surface area contributed by atoms with Gasteiger partial charge in [0.15, 0.2) is 0 Å². The van der Waals surface area contributed by atoms with Crippen LogP contribution in [0.15, 0.2) is 35.2 Å². The summed E-state index contributed by atoms with van der Waals surface area (Å²) in [7, 11) is 0. The maximum atomic E-state index is 5.13. The third-order valence-electron chi connectivity index (χ3n) is 1.64. The number of nitrogens with zero attached hydrogens (tertiary/aromatic N) is 2. The predicted molar refractivity (Wildman–Crippen MR) is 44.5 cm³/mol. The maximum absolute atomic E-state index is 5.13. The van der Waals surface area contributed by atoms with Crippen molar-refractivity contribution in [1.29, 1.82) is 0 Å². The molecule has 0 atom stereocenters. The number of aromatic nitrogens is 2. The zero-order chi connectivity index (χ0) is 8.39. The van der Waals surface area contributed by atoms with Crippen LogP contribution in [0.25, 0.3) is 11.6 Å². The Hall–Kier alpha value is -1.64. The lowest BCUT2D eigenvalue weighted by atomic mass is 10.2. The third-order valence-corrected chi connectivity index (χ3v) is 1.64. The van der Waals surface area contributed by atoms with Gasteiger partial charge in [-0.1, -0.05) is 6.07 Å². The first-order valence-corrected chi connectivity index (χ1v) is 3.69. The molecule has 0 amide bonds. The highest BCUT2D eigenvalue weighted by atomic mass is 16.3. The first kappa shape index (κ1) is 7.03. The summed E-state index contributed by atoms with van der Waals surface area (Å²) in [6, 6.07) is 3.87. The quantitative estimate of drug-likeness (QED) is 0.640. The zero-order valence-electron chi connectivity index (χ0n) is 6.69. The Labute approximate surface area is 70.1 Å². The molecule has 0 fully saturated rings. The van der Waals surface area contributed by atoms with Gasteiger partial charge in [-0.15, -0.1) is 0 Å². The van der Waals surface area contributed by atoms with Gasteiger partial charge in [-0.2, -0.15) is 0 Å². The van der Waals surface area contributed by atoms with Gasteiger partial charge in [-0.25, -0.2) is 4.98 Å². The molecule has 0 aromatic carbocycles. The molecule has 2 rings (SSSR count). The SMILES string of the molecule is Cc1cccnc1-c1ncco1. The number of hydrogen-bond donors (Lipinski definition) is 0. The summed E-state index contributed by atoms with van der Waals surface area (Å²) in [4.78, 5) is 8.18. The van der Waals surface area contributed by atoms with Gasteiger partial charge in [-0.05, 0) is 18.6 Å². The normalized spacial score (nSPS) is 10.1. The Morgan fingerprint density at radius 2 is 2.17 bits per heavy atom. The number of rotatable bonds is 1. The lowest BCUT2D eigenvalue weighted by Crippen LogP contribution is -1.86. The molecule has 2 aromatic rings. The minimum absolute atomic E-state index is 0.577. The van der Waals surface area contributed by atoms with E-state index < -0.39 is 0 Å². The summed E-state index contributed by atoms with van der Waals surface area (Å²) < 4.78 is 5.13. The van der Waals surface area contributed by atoms with E-state index in [9.17, 15) is 0 Å². The third kappa shape index (κ3) is 1.09. The Kier molecular flexibility index (Phi) is 1.63. The zero-order valence-corrected chi connectivity index (χ0v) is 6.69. The molecule has 3 nitrogen and oxygen atoms in total. The monoisotopic (exact) mass is 160 g/mol. The number of aryl methyl sites for hydroxylation is 1. The largest absolute Gasteiger partial charge is 0.443 e. The van der Waals surface area contributed by atoms with Crippen molar-refractivity contribution in [3.05, 3.63) is 36.4 Å². The topological polar surface area (TPSA) is 38.9 Å². The predicted octanol–water partition coefficient (Wildman–Crippen LogP) is 2.05. The average molecular weight is 160 g/mol. The first-order chi connectivity index (χ1) is 5.88. The van der Waals surface area contributed by atoms with Crippen LogP contribution in [0, 0.1) is 6.92 Å². The Morgan fingerprint density at radius 1 is 1.25 bits per heavy atom. The molecular weight excluding hydrogens is 152 g/mol. The van der Waals surface area contributed by atoms with Crippen LogP contribution >= 0.6 is 0 Å². The van der Waals surface area contributed by atoms with E-state index in [0.717, 1.165) is 11.3 Å². The summed E-state index contributed by atoms with van der Waals surface area (Å²) in [5, 5.41) is 0. The lowest BCUT2D eigenvalue weighted by molar-refractivity contribution is 0.571. The maximum Gasteiger partial charge on any atom is 0.245 e. The molecule has 3 heteroatoms. The highest BCUT2D eigenvalue weighted by molar-refractivity contribution is 5.51. The van der Waals surface area contributed by atoms with Crippen molar-refractivity contribution < 1.29 is 4.42 Å². The van der Waals surface area contributed by atoms with Crippen molar-refractivity contribution in [2.24, 2.45) is 0 Å². The fourth-order valence-electron chi connectivity index (χ4n) is 1.05. The minimum atomic E-state index is 0.577. The van der Waals surface area contributed by atoms with E-state index in [1.54, 1.807) is 18.7 Å². The Morgan fingerprint density at radius 3 is 2.83 bits per heavy atom. The van der Waals surface area contributed by atoms with Gasteiger partial charge < -0.3 is 4.42 Å². The fraction of sp³-hybridized carbons (Fsp3) is 0.111. The second kappa shape index (κ2) is 2.77. The molecule has 0 saturated heterocycles. The van der Waals surface area contributed by atoms with Crippen LogP contribution in [0.2, 0.25) is 0 Å². The molecule has 0 unspecified atom stereocenters. The molecule has 12 heavy (non-hydrogen) atoms. The standard InChI is InChI=1S/C9H8N2O/c1-7-3-2-4-10-8(7)9-11-5-6-12-9/h2-6H,1H3. The van der Waals surface area contributed by atoms with Gasteiger partial charge in [0, 0.05) is 6.20 Å². The average Bonchev–Trinajstić information content (AvgIpc) is 2.57. The summed E-state index contributed by atoms with van der Waals surface area (Å²) >= 11 is 0. The summed E-state index contributed by atoms with van der Waals surface area (Å²) in [6.07, 6.45) is 4.89. The number of hydrogen-bond acceptors (Lipinski definition) is 3. The molecule has 0 N–H and O–H groups in total. The first-order valence-electron chi connectivity index (χ1n) is 3.69. The van der Waals surface area contributed by atoms with Crippen LogP contribution in [-0.2, 0) is 0 Å². The molecule has 60 valence electrons.